The van der Waals surface area contributed by atoms with E-state index in [0.717, 1.165) is 26.1 Å². The summed E-state index contributed by atoms with van der Waals surface area (Å²) in [5.41, 5.74) is 0. The van der Waals surface area contributed by atoms with Crippen LogP contribution in [0.4, 0.5) is 0 Å². The fourth-order valence-electron chi connectivity index (χ4n) is 7.85. The van der Waals surface area contributed by atoms with Crippen molar-refractivity contribution in [3.05, 3.63) is 0 Å². The Kier molecular flexibility index (Phi) is 57.7. The van der Waals surface area contributed by atoms with Crippen molar-refractivity contribution >= 4 is 5.97 Å². The first-order valence-electron chi connectivity index (χ1n) is 26.6. The van der Waals surface area contributed by atoms with Crippen LogP contribution in [0.3, 0.4) is 0 Å². The van der Waals surface area contributed by atoms with Crippen LogP contribution >= 0.6 is 0 Å². The molecule has 1 unspecified atom stereocenters. The van der Waals surface area contributed by atoms with Gasteiger partial charge in [0.05, 0.1) is 6.61 Å². The first kappa shape index (κ1) is 59.4. The number of carbonyl (C=O) groups excluding carboxylic acids is 1. The highest BCUT2D eigenvalue weighted by molar-refractivity contribution is 5.69. The Morgan fingerprint density at radius 3 is 0.828 bits per heavy atom. The van der Waals surface area contributed by atoms with Crippen molar-refractivity contribution in [2.24, 2.45) is 0 Å². The zero-order valence-electron chi connectivity index (χ0n) is 40.1. The van der Waals surface area contributed by atoms with Gasteiger partial charge >= 0.3 is 5.97 Å². The van der Waals surface area contributed by atoms with Crippen LogP contribution in [0.15, 0.2) is 0 Å². The number of esters is 1. The van der Waals surface area contributed by atoms with E-state index in [2.05, 4.69) is 20.8 Å². The molecule has 0 aliphatic heterocycles. The fraction of sp³-hybridized carbons (Fsp3) is 0.981. The van der Waals surface area contributed by atoms with Gasteiger partial charge in [-0.3, -0.25) is 4.79 Å². The smallest absolute Gasteiger partial charge is 0.305 e. The van der Waals surface area contributed by atoms with E-state index >= 15 is 0 Å². The third-order valence-corrected chi connectivity index (χ3v) is 11.9. The molecule has 0 amide bonds. The van der Waals surface area contributed by atoms with Gasteiger partial charge in [0.1, 0.15) is 12.7 Å². The van der Waals surface area contributed by atoms with Crippen molar-refractivity contribution < 1.29 is 24.5 Å². The first-order chi connectivity index (χ1) is 28.6. The molecule has 2 N–H and O–H groups in total. The second kappa shape index (κ2) is 56.4. The summed E-state index contributed by atoms with van der Waals surface area (Å²) in [6.45, 7) is 8.39. The summed E-state index contributed by atoms with van der Waals surface area (Å²) in [5, 5.41) is 17.7. The summed E-state index contributed by atoms with van der Waals surface area (Å²) in [7, 11) is 0. The van der Waals surface area contributed by atoms with Crippen molar-refractivity contribution in [2.45, 2.75) is 309 Å². The Morgan fingerprint density at radius 2 is 0.586 bits per heavy atom. The Morgan fingerprint density at radius 1 is 0.362 bits per heavy atom. The summed E-state index contributed by atoms with van der Waals surface area (Å²) in [6, 6.07) is 0. The molecule has 0 aliphatic carbocycles. The minimum absolute atomic E-state index is 0.103. The Hall–Kier alpha value is -0.650. The molecule has 0 rings (SSSR count). The standard InChI is InChI=1S/C32H66O.C21H42O4/c1-3-5-7-9-11-13-15-17-19-21-23-25-27-29-31-33-32-30-28-26-24-22-20-18-16-14-12-10-8-6-4-2;1-2-3-4-5-6-7-8-9-10-11-12-13-14-15-16-17-21(24)25-19-20(23)18-22/h3-32H2,1-2H3;20,22-23H,2-19H2,1H3. The van der Waals surface area contributed by atoms with E-state index < -0.39 is 6.10 Å². The van der Waals surface area contributed by atoms with Crippen LogP contribution in [0.1, 0.15) is 303 Å². The minimum atomic E-state index is -0.954. The van der Waals surface area contributed by atoms with Crippen molar-refractivity contribution in [3.63, 3.8) is 0 Å². The highest BCUT2D eigenvalue weighted by atomic mass is 16.5. The van der Waals surface area contributed by atoms with E-state index in [0.29, 0.717) is 6.42 Å². The molecule has 0 spiro atoms. The summed E-state index contributed by atoms with van der Waals surface area (Å²) in [4.78, 5) is 11.4. The molecule has 0 fully saturated rings. The monoisotopic (exact) mass is 825 g/mol. The van der Waals surface area contributed by atoms with Gasteiger partial charge in [0.15, 0.2) is 0 Å². The molecule has 350 valence electrons. The van der Waals surface area contributed by atoms with Gasteiger partial charge in [-0.25, -0.2) is 0 Å². The maximum atomic E-state index is 11.4. The first-order valence-corrected chi connectivity index (χ1v) is 26.6. The third kappa shape index (κ3) is 57.4. The lowest BCUT2D eigenvalue weighted by Crippen LogP contribution is -2.21. The van der Waals surface area contributed by atoms with Gasteiger partial charge in [-0.05, 0) is 19.3 Å². The van der Waals surface area contributed by atoms with E-state index in [1.54, 1.807) is 0 Å². The maximum absolute atomic E-state index is 11.4. The van der Waals surface area contributed by atoms with Gasteiger partial charge in [-0.15, -0.1) is 0 Å². The van der Waals surface area contributed by atoms with E-state index in [4.69, 9.17) is 19.7 Å². The molecule has 58 heavy (non-hydrogen) atoms. The molecule has 5 heteroatoms. The van der Waals surface area contributed by atoms with E-state index in [1.165, 1.54) is 263 Å². The van der Waals surface area contributed by atoms with Crippen LogP contribution in [0, 0.1) is 0 Å². The van der Waals surface area contributed by atoms with E-state index in [-0.39, 0.29) is 19.2 Å². The van der Waals surface area contributed by atoms with Gasteiger partial charge in [-0.1, -0.05) is 278 Å². The zero-order chi connectivity index (χ0) is 42.5. The Labute approximate surface area is 365 Å². The van der Waals surface area contributed by atoms with Crippen molar-refractivity contribution in [1.82, 2.24) is 0 Å². The summed E-state index contributed by atoms with van der Waals surface area (Å²) in [5.74, 6) is -0.276. The largest absolute Gasteiger partial charge is 0.463 e. The summed E-state index contributed by atoms with van der Waals surface area (Å²) < 4.78 is 10.7. The number of hydrogen-bond acceptors (Lipinski definition) is 5. The number of unbranched alkanes of at least 4 members (excludes halogenated alkanes) is 40. The lowest BCUT2D eigenvalue weighted by Gasteiger charge is -2.08. The average Bonchev–Trinajstić information content (AvgIpc) is 3.23. The maximum Gasteiger partial charge on any atom is 0.305 e. The van der Waals surface area contributed by atoms with Crippen LogP contribution < -0.4 is 0 Å². The van der Waals surface area contributed by atoms with Crippen molar-refractivity contribution in [3.8, 4) is 0 Å². The number of carbonyl (C=O) groups is 1. The van der Waals surface area contributed by atoms with Gasteiger partial charge in [-0.2, -0.15) is 0 Å². The van der Waals surface area contributed by atoms with Crippen molar-refractivity contribution in [1.29, 1.82) is 0 Å². The molecule has 0 aliphatic rings. The van der Waals surface area contributed by atoms with E-state index in [1.807, 2.05) is 0 Å². The molecule has 0 heterocycles. The molecule has 0 radical (unpaired) electrons. The van der Waals surface area contributed by atoms with E-state index in [9.17, 15) is 4.79 Å². The van der Waals surface area contributed by atoms with Crippen LogP contribution in [-0.4, -0.2) is 48.7 Å². The number of hydrogen-bond donors (Lipinski definition) is 2. The highest BCUT2D eigenvalue weighted by Crippen LogP contribution is 2.16. The summed E-state index contributed by atoms with van der Waals surface area (Å²) in [6.07, 6.45) is 59.1. The number of rotatable bonds is 49. The molecule has 5 nitrogen and oxygen atoms in total. The van der Waals surface area contributed by atoms with Gasteiger partial charge in [0.25, 0.3) is 0 Å². The second-order valence-corrected chi connectivity index (χ2v) is 18.0. The lowest BCUT2D eigenvalue weighted by atomic mass is 10.0. The normalized spacial score (nSPS) is 11.8. The quantitative estimate of drug-likeness (QED) is 0.0472. The van der Waals surface area contributed by atoms with Crippen LogP contribution in [0.2, 0.25) is 0 Å². The average molecular weight is 825 g/mol. The molecule has 0 bridgehead atoms. The van der Waals surface area contributed by atoms with Crippen LogP contribution in [0.5, 0.6) is 0 Å². The molecular weight excluding hydrogens is 717 g/mol. The molecule has 0 saturated heterocycles. The van der Waals surface area contributed by atoms with Gasteiger partial charge in [0.2, 0.25) is 0 Å². The number of aliphatic hydroxyl groups excluding tert-OH is 2. The minimum Gasteiger partial charge on any atom is -0.463 e. The fourth-order valence-corrected chi connectivity index (χ4v) is 7.85. The van der Waals surface area contributed by atoms with Crippen molar-refractivity contribution in [2.75, 3.05) is 26.4 Å². The topological polar surface area (TPSA) is 76.0 Å². The predicted molar refractivity (Wildman–Crippen MR) is 255 cm³/mol. The third-order valence-electron chi connectivity index (χ3n) is 11.9. The molecular formula is C53H108O5. The molecule has 0 aromatic heterocycles. The zero-order valence-corrected chi connectivity index (χ0v) is 40.1. The molecule has 1 atom stereocenters. The Balaban J connectivity index is 0. The van der Waals surface area contributed by atoms with Crippen LogP contribution in [0.25, 0.3) is 0 Å². The SMILES string of the molecule is CCCCCCCCCCCCCCCCCC(=O)OCC(O)CO.CCCCCCCCCCCCCCCCOCCCCCCCCCCCCCCCC. The highest BCUT2D eigenvalue weighted by Gasteiger charge is 2.07. The molecule has 0 aromatic carbocycles. The predicted octanol–water partition coefficient (Wildman–Crippen LogP) is 17.1. The Bertz CT molecular complexity index is 685. The number of ether oxygens (including phenoxy) is 2. The number of aliphatic hydroxyl groups is 2. The van der Waals surface area contributed by atoms with Crippen LogP contribution in [-0.2, 0) is 14.3 Å². The second-order valence-electron chi connectivity index (χ2n) is 18.0. The van der Waals surface area contributed by atoms with Gasteiger partial charge < -0.3 is 19.7 Å². The van der Waals surface area contributed by atoms with Gasteiger partial charge in [0, 0.05) is 19.6 Å². The molecule has 0 saturated carbocycles. The lowest BCUT2D eigenvalue weighted by molar-refractivity contribution is -0.147. The molecule has 0 aromatic rings. The summed E-state index contributed by atoms with van der Waals surface area (Å²) >= 11 is 0.